The summed E-state index contributed by atoms with van der Waals surface area (Å²) in [5.41, 5.74) is 0.826. The summed E-state index contributed by atoms with van der Waals surface area (Å²) in [5.74, 6) is 0. The lowest BCUT2D eigenvalue weighted by molar-refractivity contribution is -0.385. The minimum absolute atomic E-state index is 0.0745. The average Bonchev–Trinajstić information content (AvgIpc) is 2.85. The van der Waals surface area contributed by atoms with Gasteiger partial charge in [0.25, 0.3) is 5.69 Å². The van der Waals surface area contributed by atoms with E-state index in [9.17, 15) is 10.1 Å². The number of halogens is 1. The van der Waals surface area contributed by atoms with E-state index in [1.54, 1.807) is 23.5 Å². The molecule has 0 atom stereocenters. The number of rotatable bonds is 5. The van der Waals surface area contributed by atoms with Gasteiger partial charge in [-0.2, -0.15) is 0 Å². The van der Waals surface area contributed by atoms with Crippen LogP contribution in [0.25, 0.3) is 0 Å². The van der Waals surface area contributed by atoms with Crippen molar-refractivity contribution in [1.29, 1.82) is 0 Å². The second-order valence-corrected chi connectivity index (χ2v) is 6.11. The van der Waals surface area contributed by atoms with Gasteiger partial charge in [0.2, 0.25) is 0 Å². The maximum atomic E-state index is 10.8. The van der Waals surface area contributed by atoms with Gasteiger partial charge in [0.05, 0.1) is 9.40 Å². The Morgan fingerprint density at radius 3 is 2.68 bits per heavy atom. The molecule has 0 aliphatic heterocycles. The number of hydrogen-bond acceptors (Lipinski definition) is 4. The number of aryl methyl sites for hydroxylation is 1. The Morgan fingerprint density at radius 2 is 2.05 bits per heavy atom. The second-order valence-electron chi connectivity index (χ2n) is 4.00. The third-order valence-corrected chi connectivity index (χ3v) is 4.58. The van der Waals surface area contributed by atoms with Gasteiger partial charge in [0.15, 0.2) is 0 Å². The smallest absolute Gasteiger partial charge is 0.285 e. The van der Waals surface area contributed by atoms with E-state index in [1.807, 2.05) is 6.07 Å². The van der Waals surface area contributed by atoms with Crippen LogP contribution in [0.5, 0.6) is 0 Å². The summed E-state index contributed by atoms with van der Waals surface area (Å²) >= 11 is 4.93. The third kappa shape index (κ3) is 3.54. The molecule has 2 rings (SSSR count). The van der Waals surface area contributed by atoms with Crippen molar-refractivity contribution in [2.75, 3.05) is 5.32 Å². The Bertz CT molecular complexity index is 598. The number of nitro groups is 1. The fourth-order valence-electron chi connectivity index (χ4n) is 1.66. The molecule has 1 heterocycles. The van der Waals surface area contributed by atoms with Gasteiger partial charge in [-0.25, -0.2) is 0 Å². The summed E-state index contributed by atoms with van der Waals surface area (Å²) in [7, 11) is 0. The van der Waals surface area contributed by atoms with Gasteiger partial charge in [-0.1, -0.05) is 6.92 Å². The van der Waals surface area contributed by atoms with Crippen LogP contribution < -0.4 is 5.32 Å². The van der Waals surface area contributed by atoms with E-state index in [0.717, 1.165) is 12.1 Å². The minimum atomic E-state index is -0.393. The van der Waals surface area contributed by atoms with Crippen LogP contribution in [0, 0.1) is 10.1 Å². The molecule has 0 aliphatic rings. The highest BCUT2D eigenvalue weighted by atomic mass is 79.9. The van der Waals surface area contributed by atoms with E-state index in [2.05, 4.69) is 40.3 Å². The van der Waals surface area contributed by atoms with Crippen molar-refractivity contribution in [2.45, 2.75) is 19.9 Å². The van der Waals surface area contributed by atoms with E-state index >= 15 is 0 Å². The van der Waals surface area contributed by atoms with Crippen LogP contribution >= 0.6 is 27.3 Å². The lowest BCUT2D eigenvalue weighted by Crippen LogP contribution is -1.98. The number of thiophene rings is 1. The first kappa shape index (κ1) is 14.0. The number of nitro benzene ring substituents is 1. The van der Waals surface area contributed by atoms with Crippen molar-refractivity contribution in [1.82, 2.24) is 0 Å². The number of benzene rings is 1. The molecular formula is C13H13BrN2O2S. The number of nitrogens with zero attached hydrogens (tertiary/aromatic N) is 1. The highest BCUT2D eigenvalue weighted by Gasteiger charge is 2.12. The van der Waals surface area contributed by atoms with Gasteiger partial charge in [-0.15, -0.1) is 11.3 Å². The quantitative estimate of drug-likeness (QED) is 0.639. The summed E-state index contributed by atoms with van der Waals surface area (Å²) in [6, 6.07) is 9.26. The molecule has 1 aromatic heterocycles. The summed E-state index contributed by atoms with van der Waals surface area (Å²) in [4.78, 5) is 13.0. The first-order chi connectivity index (χ1) is 9.10. The standard InChI is InChI=1S/C13H13BrN2O2S/c1-2-10-4-5-11(19-10)8-15-9-3-6-12(14)13(7-9)16(17)18/h3-7,15H,2,8H2,1H3. The molecule has 0 amide bonds. The zero-order chi connectivity index (χ0) is 13.8. The lowest BCUT2D eigenvalue weighted by Gasteiger charge is -2.05. The van der Waals surface area contributed by atoms with Gasteiger partial charge in [0.1, 0.15) is 0 Å². The van der Waals surface area contributed by atoms with Gasteiger partial charge in [-0.3, -0.25) is 10.1 Å². The summed E-state index contributed by atoms with van der Waals surface area (Å²) in [6.45, 7) is 2.81. The molecule has 4 nitrogen and oxygen atoms in total. The summed E-state index contributed by atoms with van der Waals surface area (Å²) < 4.78 is 0.493. The average molecular weight is 341 g/mol. The molecule has 0 saturated heterocycles. The van der Waals surface area contributed by atoms with E-state index in [-0.39, 0.29) is 5.69 Å². The normalized spacial score (nSPS) is 10.4. The topological polar surface area (TPSA) is 55.2 Å². The monoisotopic (exact) mass is 340 g/mol. The Kier molecular flexibility index (Phi) is 4.55. The molecule has 0 spiro atoms. The van der Waals surface area contributed by atoms with Crippen molar-refractivity contribution in [3.05, 3.63) is 54.7 Å². The molecule has 6 heteroatoms. The van der Waals surface area contributed by atoms with Crippen molar-refractivity contribution in [3.63, 3.8) is 0 Å². The molecule has 0 radical (unpaired) electrons. The van der Waals surface area contributed by atoms with E-state index in [1.165, 1.54) is 9.75 Å². The predicted octanol–water partition coefficient (Wildman–Crippen LogP) is 4.59. The largest absolute Gasteiger partial charge is 0.380 e. The summed E-state index contributed by atoms with van der Waals surface area (Å²) in [5, 5.41) is 14.0. The van der Waals surface area contributed by atoms with E-state index < -0.39 is 4.92 Å². The van der Waals surface area contributed by atoms with E-state index in [4.69, 9.17) is 0 Å². The zero-order valence-corrected chi connectivity index (χ0v) is 12.8. The van der Waals surface area contributed by atoms with Crippen molar-refractivity contribution in [3.8, 4) is 0 Å². The molecule has 0 bridgehead atoms. The van der Waals surface area contributed by atoms with Crippen molar-refractivity contribution in [2.24, 2.45) is 0 Å². The van der Waals surface area contributed by atoms with Gasteiger partial charge in [-0.05, 0) is 46.6 Å². The molecule has 0 saturated carbocycles. The fourth-order valence-corrected chi connectivity index (χ4v) is 2.95. The molecule has 0 aliphatic carbocycles. The second kappa shape index (κ2) is 6.16. The van der Waals surface area contributed by atoms with Gasteiger partial charge in [0, 0.05) is 28.1 Å². The van der Waals surface area contributed by atoms with Crippen LogP contribution in [-0.2, 0) is 13.0 Å². The van der Waals surface area contributed by atoms with Crippen molar-refractivity contribution < 1.29 is 4.92 Å². The van der Waals surface area contributed by atoms with E-state index in [0.29, 0.717) is 11.0 Å². The number of anilines is 1. The molecule has 0 unspecified atom stereocenters. The lowest BCUT2D eigenvalue weighted by atomic mass is 10.3. The molecule has 2 aromatic rings. The van der Waals surface area contributed by atoms with Crippen molar-refractivity contribution >= 4 is 38.6 Å². The Morgan fingerprint density at radius 1 is 1.32 bits per heavy atom. The highest BCUT2D eigenvalue weighted by Crippen LogP contribution is 2.28. The number of hydrogen-bond donors (Lipinski definition) is 1. The first-order valence-electron chi connectivity index (χ1n) is 5.85. The van der Waals surface area contributed by atoms with Gasteiger partial charge >= 0.3 is 0 Å². The summed E-state index contributed by atoms with van der Waals surface area (Å²) in [6.07, 6.45) is 1.04. The Balaban J connectivity index is 2.07. The maximum absolute atomic E-state index is 10.8. The van der Waals surface area contributed by atoms with Crippen LogP contribution in [0.3, 0.4) is 0 Å². The molecule has 1 aromatic carbocycles. The Labute approximate surface area is 123 Å². The maximum Gasteiger partial charge on any atom is 0.285 e. The fraction of sp³-hybridized carbons (Fsp3) is 0.231. The minimum Gasteiger partial charge on any atom is -0.380 e. The molecule has 100 valence electrons. The van der Waals surface area contributed by atoms with Crippen LogP contribution in [0.1, 0.15) is 16.7 Å². The van der Waals surface area contributed by atoms with Crippen LogP contribution in [0.2, 0.25) is 0 Å². The van der Waals surface area contributed by atoms with Crippen LogP contribution in [-0.4, -0.2) is 4.92 Å². The van der Waals surface area contributed by atoms with Crippen LogP contribution in [0.4, 0.5) is 11.4 Å². The van der Waals surface area contributed by atoms with Gasteiger partial charge < -0.3 is 5.32 Å². The Hall–Kier alpha value is -1.40. The first-order valence-corrected chi connectivity index (χ1v) is 7.46. The molecule has 0 fully saturated rings. The van der Waals surface area contributed by atoms with Crippen LogP contribution in [0.15, 0.2) is 34.8 Å². The predicted molar refractivity (Wildman–Crippen MR) is 81.8 cm³/mol. The zero-order valence-electron chi connectivity index (χ0n) is 10.4. The molecule has 1 N–H and O–H groups in total. The number of nitrogens with one attached hydrogen (secondary N) is 1. The molecular weight excluding hydrogens is 328 g/mol. The molecule has 19 heavy (non-hydrogen) atoms. The highest BCUT2D eigenvalue weighted by molar-refractivity contribution is 9.10. The SMILES string of the molecule is CCc1ccc(CNc2ccc(Br)c([N+](=O)[O-])c2)s1. The third-order valence-electron chi connectivity index (χ3n) is 2.68.